The van der Waals surface area contributed by atoms with Crippen LogP contribution < -0.4 is 9.80 Å². The Hall–Kier alpha value is -11.1. The first-order valence-electron chi connectivity index (χ1n) is 34.7. The van der Waals surface area contributed by atoms with Crippen LogP contribution in [0.2, 0.25) is 0 Å². The standard InChI is InChI=1S/C86H64N2/c1-3-61-33-37-63(38-34-61)59-85(69-21-9-5-10-22-69)81-31-19-17-29-77(81)79-55-53-75(57-83(79)85)87(71-25-13-7-14-26-71)73-49-45-67(46-50-73)65-41-43-66(44-42-65)68-47-51-74(52-48-68)88(72-27-15-8-16-28-72)76-54-56-80-78-30-18-20-32-82(78)86(84(80)58-76,70-23-11-6-12-24-70)60-64-39-35-62(4-2)36-40-64/h3-58H,1-2,59-60H2/i5D,6D,9D,10D,11D,12D,21D,22D,23D,24D. The van der Waals surface area contributed by atoms with E-state index in [4.69, 9.17) is 8.22 Å². The fraction of sp³-hybridized carbons (Fsp3) is 0.0465. The summed E-state index contributed by atoms with van der Waals surface area (Å²) in [6.07, 6.45) is 4.23. The molecular formula is C86H64N2. The van der Waals surface area contributed by atoms with Crippen molar-refractivity contribution >= 4 is 46.3 Å². The maximum absolute atomic E-state index is 9.56. The molecular weight excluding hydrogens is 1060 g/mol. The molecule has 2 nitrogen and oxygen atoms in total. The van der Waals surface area contributed by atoms with Gasteiger partial charge in [0.25, 0.3) is 0 Å². The molecule has 0 amide bonds. The Kier molecular flexibility index (Phi) is 11.3. The van der Waals surface area contributed by atoms with Crippen molar-refractivity contribution in [3.05, 3.63) is 396 Å². The minimum absolute atomic E-state index is 0.231. The third kappa shape index (κ3) is 9.38. The molecule has 88 heavy (non-hydrogen) atoms. The molecule has 0 aromatic heterocycles. The highest BCUT2D eigenvalue weighted by Crippen LogP contribution is 2.58. The van der Waals surface area contributed by atoms with Gasteiger partial charge >= 0.3 is 0 Å². The van der Waals surface area contributed by atoms with Gasteiger partial charge in [0.05, 0.1) is 24.5 Å². The van der Waals surface area contributed by atoms with Crippen LogP contribution in [0.25, 0.3) is 56.7 Å². The number of para-hydroxylation sites is 2. The predicted molar refractivity (Wildman–Crippen MR) is 371 cm³/mol. The smallest absolute Gasteiger partial charge is 0.0626 e. The first kappa shape index (κ1) is 43.5. The van der Waals surface area contributed by atoms with Crippen molar-refractivity contribution in [3.8, 4) is 44.5 Å². The van der Waals surface area contributed by atoms with Crippen LogP contribution in [0.3, 0.4) is 0 Å². The predicted octanol–water partition coefficient (Wildman–Crippen LogP) is 22.4. The van der Waals surface area contributed by atoms with Crippen molar-refractivity contribution in [3.63, 3.8) is 0 Å². The highest BCUT2D eigenvalue weighted by molar-refractivity contribution is 5.90. The van der Waals surface area contributed by atoms with E-state index in [2.05, 4.69) is 169 Å². The van der Waals surface area contributed by atoms with Crippen LogP contribution in [0.15, 0.2) is 341 Å². The fourth-order valence-corrected chi connectivity index (χ4v) is 13.7. The molecule has 15 rings (SSSR count). The molecule has 2 unspecified atom stereocenters. The zero-order valence-corrected chi connectivity index (χ0v) is 48.3. The van der Waals surface area contributed by atoms with E-state index in [9.17, 15) is 5.48 Å². The largest absolute Gasteiger partial charge is 0.310 e. The lowest BCUT2D eigenvalue weighted by molar-refractivity contribution is 0.629. The minimum atomic E-state index is -1.19. The van der Waals surface area contributed by atoms with E-state index in [1.165, 1.54) is 0 Å². The van der Waals surface area contributed by atoms with E-state index >= 15 is 0 Å². The molecule has 0 saturated carbocycles. The van der Waals surface area contributed by atoms with Crippen LogP contribution >= 0.6 is 0 Å². The van der Waals surface area contributed by atoms with Crippen molar-refractivity contribution < 1.29 is 13.7 Å². The lowest BCUT2D eigenvalue weighted by Crippen LogP contribution is -2.30. The Balaban J connectivity index is 0.770. The second kappa shape index (κ2) is 22.7. The van der Waals surface area contributed by atoms with Gasteiger partial charge < -0.3 is 9.80 Å². The number of anilines is 6. The molecule has 0 radical (unpaired) electrons. The quantitative estimate of drug-likeness (QED) is 0.0951. The number of benzene rings is 13. The van der Waals surface area contributed by atoms with Gasteiger partial charge in [0.2, 0.25) is 0 Å². The molecule has 2 aliphatic rings. The van der Waals surface area contributed by atoms with E-state index in [0.717, 1.165) is 123 Å². The van der Waals surface area contributed by atoms with Gasteiger partial charge in [0, 0.05) is 34.1 Å². The Labute approximate surface area is 531 Å². The summed E-state index contributed by atoms with van der Waals surface area (Å²) >= 11 is 0. The summed E-state index contributed by atoms with van der Waals surface area (Å²) in [4.78, 5) is 4.41. The molecule has 13 aromatic carbocycles. The van der Waals surface area contributed by atoms with E-state index in [1.54, 1.807) is 12.2 Å². The highest BCUT2D eigenvalue weighted by Gasteiger charge is 2.46. The molecule has 0 bridgehead atoms. The first-order valence-corrected chi connectivity index (χ1v) is 29.7. The first-order chi connectivity index (χ1) is 47.6. The van der Waals surface area contributed by atoms with Crippen LogP contribution in [-0.2, 0) is 23.7 Å². The summed E-state index contributed by atoms with van der Waals surface area (Å²) in [5.74, 6) is 0. The van der Waals surface area contributed by atoms with Gasteiger partial charge in [-0.1, -0.05) is 280 Å². The van der Waals surface area contributed by atoms with E-state index in [-0.39, 0.29) is 59.5 Å². The number of rotatable bonds is 16. The van der Waals surface area contributed by atoms with Gasteiger partial charge in [-0.2, -0.15) is 0 Å². The summed E-state index contributed by atoms with van der Waals surface area (Å²) in [5, 5.41) is 0. The van der Waals surface area contributed by atoms with Crippen LogP contribution in [0, 0.1) is 0 Å². The minimum Gasteiger partial charge on any atom is -0.310 e. The Morgan fingerprint density at radius 1 is 0.295 bits per heavy atom. The molecule has 0 fully saturated rings. The molecule has 2 aliphatic carbocycles. The molecule has 0 aliphatic heterocycles. The molecule has 2 atom stereocenters. The maximum Gasteiger partial charge on any atom is 0.0626 e. The van der Waals surface area contributed by atoms with Crippen molar-refractivity contribution in [2.75, 3.05) is 9.80 Å². The van der Waals surface area contributed by atoms with Gasteiger partial charge in [-0.15, -0.1) is 0 Å². The zero-order chi connectivity index (χ0) is 67.7. The van der Waals surface area contributed by atoms with E-state index in [1.807, 2.05) is 121 Å². The van der Waals surface area contributed by atoms with Gasteiger partial charge in [0.15, 0.2) is 0 Å². The van der Waals surface area contributed by atoms with Gasteiger partial charge in [0.1, 0.15) is 0 Å². The number of hydrogen-bond donors (Lipinski definition) is 0. The van der Waals surface area contributed by atoms with Crippen molar-refractivity contribution in [2.45, 2.75) is 23.7 Å². The monoisotopic (exact) mass is 1130 g/mol. The molecule has 2 heteroatoms. The van der Waals surface area contributed by atoms with E-state index < -0.39 is 22.9 Å². The van der Waals surface area contributed by atoms with Crippen LogP contribution in [-0.4, -0.2) is 0 Å². The second-order valence-electron chi connectivity index (χ2n) is 22.6. The van der Waals surface area contributed by atoms with Gasteiger partial charge in [-0.25, -0.2) is 0 Å². The summed E-state index contributed by atoms with van der Waals surface area (Å²) in [6.45, 7) is 7.94. The van der Waals surface area contributed by atoms with Crippen molar-refractivity contribution in [1.82, 2.24) is 0 Å². The van der Waals surface area contributed by atoms with Crippen molar-refractivity contribution in [2.24, 2.45) is 0 Å². The molecule has 0 saturated heterocycles. The average Bonchev–Trinajstić information content (AvgIpc) is 1.52. The average molecular weight is 1140 g/mol. The van der Waals surface area contributed by atoms with Crippen LogP contribution in [0.4, 0.5) is 34.1 Å². The lowest BCUT2D eigenvalue weighted by Gasteiger charge is -2.34. The SMILES string of the molecule is [2H]c1c([2H])c([2H])c(C2(Cc3ccc(C=C)cc3)c3ccccc3-c3ccc(N(c4ccccc4)c4ccc(-c5ccc(-c6ccc(N(c7ccccc7)c7ccc8c(c7)C(Cc7ccc(C=C)cc7)(c7c([2H])c([2H])c([2H])c([2H])c7[2H])c7ccccc7-8)cc6)cc5)cc4)cc32)c([2H])c1[2H]. The number of fused-ring (bicyclic) bond motifs is 6. The molecule has 0 heterocycles. The third-order valence-corrected chi connectivity index (χ3v) is 17.9. The zero-order valence-electron chi connectivity index (χ0n) is 58.3. The fourth-order valence-electron chi connectivity index (χ4n) is 13.7. The van der Waals surface area contributed by atoms with E-state index in [0.29, 0.717) is 12.8 Å². The normalized spacial score (nSPS) is 16.7. The summed E-state index contributed by atoms with van der Waals surface area (Å²) in [6, 6.07) is 87.6. The Bertz CT molecular complexity index is 4900. The lowest BCUT2D eigenvalue weighted by atomic mass is 9.68. The number of hydrogen-bond acceptors (Lipinski definition) is 2. The molecule has 0 N–H and O–H groups in total. The van der Waals surface area contributed by atoms with Gasteiger partial charge in [-0.05, 0) is 186 Å². The Morgan fingerprint density at radius 3 is 0.966 bits per heavy atom. The second-order valence-corrected chi connectivity index (χ2v) is 22.6. The Morgan fingerprint density at radius 2 is 0.602 bits per heavy atom. The molecule has 418 valence electrons. The van der Waals surface area contributed by atoms with Gasteiger partial charge in [-0.3, -0.25) is 0 Å². The summed E-state index contributed by atoms with van der Waals surface area (Å²) < 4.78 is 91.5. The number of nitrogens with zero attached hydrogens (tertiary/aromatic N) is 2. The summed E-state index contributed by atoms with van der Waals surface area (Å²) in [7, 11) is 0. The maximum atomic E-state index is 9.56. The topological polar surface area (TPSA) is 6.48 Å². The van der Waals surface area contributed by atoms with Crippen LogP contribution in [0.5, 0.6) is 0 Å². The van der Waals surface area contributed by atoms with Crippen LogP contribution in [0.1, 0.15) is 69.3 Å². The third-order valence-electron chi connectivity index (χ3n) is 17.9. The highest BCUT2D eigenvalue weighted by atomic mass is 15.1. The molecule has 13 aromatic rings. The summed E-state index contributed by atoms with van der Waals surface area (Å²) in [5.41, 5.74) is 18.5. The molecule has 0 spiro atoms. The van der Waals surface area contributed by atoms with Crippen molar-refractivity contribution in [1.29, 1.82) is 0 Å².